The van der Waals surface area contributed by atoms with Crippen LogP contribution >= 0.6 is 0 Å². The molecule has 0 saturated heterocycles. The summed E-state index contributed by atoms with van der Waals surface area (Å²) in [6, 6.07) is 14.1. The number of rotatable bonds is 1. The second-order valence-electron chi connectivity index (χ2n) is 8.97. The second-order valence-corrected chi connectivity index (χ2v) is 8.97. The van der Waals surface area contributed by atoms with Gasteiger partial charge in [-0.2, -0.15) is 5.10 Å². The Morgan fingerprint density at radius 2 is 1.75 bits per heavy atom. The molecule has 4 rings (SSSR count). The van der Waals surface area contributed by atoms with Gasteiger partial charge in [-0.1, -0.05) is 18.2 Å². The monoisotopic (exact) mass is 489 g/mol. The predicted molar refractivity (Wildman–Crippen MR) is 136 cm³/mol. The second kappa shape index (κ2) is 11.5. The average molecular weight is 490 g/mol. The molecule has 0 saturated carbocycles. The molecule has 0 fully saturated rings. The molecule has 1 aliphatic heterocycles. The summed E-state index contributed by atoms with van der Waals surface area (Å²) in [6.07, 6.45) is 1.97. The maximum Gasteiger partial charge on any atom is 0.274 e. The standard InChI is InChI=1S/C27H31N5O4/c1-18-15-23(31-30-18)27(36)32-13-3-7-25(34)28-12-10-19-8-9-24(33)22(16-19)20-5-2-6-21(17-20)26(35)29-11-4-14-32/h2,5-6,8-9,15-17,33H,3-4,7,10-14H2,1H3,(H,28,34)(H,29,35)(H,30,31). The number of amides is 3. The lowest BCUT2D eigenvalue weighted by Crippen LogP contribution is -2.36. The van der Waals surface area contributed by atoms with Gasteiger partial charge in [0.2, 0.25) is 5.91 Å². The minimum atomic E-state index is -0.221. The number of phenolic OH excluding ortho intramolecular Hbond substituents is 1. The normalized spacial score (nSPS) is 15.8. The van der Waals surface area contributed by atoms with Crippen LogP contribution in [0.15, 0.2) is 48.5 Å². The summed E-state index contributed by atoms with van der Waals surface area (Å²) in [5.41, 5.74) is 3.94. The lowest BCUT2D eigenvalue weighted by Gasteiger charge is -2.22. The van der Waals surface area contributed by atoms with Crippen LogP contribution in [0.5, 0.6) is 5.75 Å². The summed E-state index contributed by atoms with van der Waals surface area (Å²) in [5, 5.41) is 23.1. The van der Waals surface area contributed by atoms with Crippen LogP contribution in [-0.4, -0.2) is 64.1 Å². The molecule has 2 aromatic carbocycles. The van der Waals surface area contributed by atoms with Crippen molar-refractivity contribution >= 4 is 17.7 Å². The van der Waals surface area contributed by atoms with Gasteiger partial charge >= 0.3 is 0 Å². The molecule has 9 heteroatoms. The summed E-state index contributed by atoms with van der Waals surface area (Å²) in [6.45, 7) is 3.51. The molecule has 0 unspecified atom stereocenters. The third-order valence-electron chi connectivity index (χ3n) is 6.17. The smallest absolute Gasteiger partial charge is 0.274 e. The molecular weight excluding hydrogens is 458 g/mol. The first-order valence-corrected chi connectivity index (χ1v) is 12.2. The van der Waals surface area contributed by atoms with E-state index < -0.39 is 0 Å². The zero-order chi connectivity index (χ0) is 25.5. The number of aryl methyl sites for hydroxylation is 1. The highest BCUT2D eigenvalue weighted by Gasteiger charge is 2.19. The number of phenols is 1. The highest BCUT2D eigenvalue weighted by Crippen LogP contribution is 2.30. The van der Waals surface area contributed by atoms with Crippen LogP contribution in [0, 0.1) is 6.92 Å². The van der Waals surface area contributed by atoms with Crippen molar-refractivity contribution in [3.63, 3.8) is 0 Å². The number of carbonyl (C=O) groups excluding carboxylic acids is 3. The summed E-state index contributed by atoms with van der Waals surface area (Å²) in [7, 11) is 0. The van der Waals surface area contributed by atoms with Crippen LogP contribution in [0.25, 0.3) is 11.1 Å². The van der Waals surface area contributed by atoms with Gasteiger partial charge in [0.1, 0.15) is 11.4 Å². The third kappa shape index (κ3) is 6.29. The van der Waals surface area contributed by atoms with Gasteiger partial charge in [0, 0.05) is 49.4 Å². The number of H-pyrrole nitrogens is 1. The summed E-state index contributed by atoms with van der Waals surface area (Å²) >= 11 is 0. The first-order valence-electron chi connectivity index (χ1n) is 12.2. The van der Waals surface area contributed by atoms with Crippen molar-refractivity contribution in [2.75, 3.05) is 26.2 Å². The fourth-order valence-corrected chi connectivity index (χ4v) is 4.24. The summed E-state index contributed by atoms with van der Waals surface area (Å²) < 4.78 is 0. The highest BCUT2D eigenvalue weighted by atomic mass is 16.3. The van der Waals surface area contributed by atoms with Gasteiger partial charge in [0.15, 0.2) is 0 Å². The lowest BCUT2D eigenvalue weighted by atomic mass is 9.98. The number of aromatic amines is 1. The first-order chi connectivity index (χ1) is 17.4. The van der Waals surface area contributed by atoms with E-state index in [0.717, 1.165) is 16.8 Å². The van der Waals surface area contributed by atoms with Crippen molar-refractivity contribution in [2.24, 2.45) is 0 Å². The fourth-order valence-electron chi connectivity index (χ4n) is 4.24. The number of hydrogen-bond donors (Lipinski definition) is 4. The van der Waals surface area contributed by atoms with Crippen LogP contribution in [0.2, 0.25) is 0 Å². The van der Waals surface area contributed by atoms with Gasteiger partial charge in [-0.25, -0.2) is 0 Å². The Balaban J connectivity index is 1.53. The van der Waals surface area contributed by atoms with E-state index in [1.165, 1.54) is 0 Å². The number of aromatic nitrogens is 2. The molecule has 0 aliphatic carbocycles. The van der Waals surface area contributed by atoms with E-state index >= 15 is 0 Å². The van der Waals surface area contributed by atoms with Gasteiger partial charge in [-0.3, -0.25) is 19.5 Å². The Morgan fingerprint density at radius 1 is 0.944 bits per heavy atom. The zero-order valence-electron chi connectivity index (χ0n) is 20.3. The number of benzene rings is 2. The number of carbonyl (C=O) groups is 3. The van der Waals surface area contributed by atoms with Gasteiger partial charge in [-0.15, -0.1) is 0 Å². The number of hydrogen-bond acceptors (Lipinski definition) is 5. The van der Waals surface area contributed by atoms with Gasteiger partial charge in [0.05, 0.1) is 0 Å². The van der Waals surface area contributed by atoms with Crippen LogP contribution in [0.1, 0.15) is 51.4 Å². The highest BCUT2D eigenvalue weighted by molar-refractivity contribution is 5.95. The van der Waals surface area contributed by atoms with E-state index in [1.54, 1.807) is 35.2 Å². The summed E-state index contributed by atoms with van der Waals surface area (Å²) in [4.78, 5) is 39.8. The van der Waals surface area contributed by atoms with Crippen molar-refractivity contribution in [2.45, 2.75) is 32.6 Å². The van der Waals surface area contributed by atoms with E-state index in [2.05, 4.69) is 20.8 Å². The van der Waals surface area contributed by atoms with Crippen LogP contribution in [0.4, 0.5) is 0 Å². The van der Waals surface area contributed by atoms with E-state index in [1.807, 2.05) is 25.1 Å². The number of nitrogens with one attached hydrogen (secondary N) is 3. The Hall–Kier alpha value is -4.14. The molecule has 0 radical (unpaired) electrons. The van der Waals surface area contributed by atoms with Crippen LogP contribution in [-0.2, 0) is 11.2 Å². The quantitative estimate of drug-likeness (QED) is 0.418. The molecule has 1 aromatic heterocycles. The molecule has 36 heavy (non-hydrogen) atoms. The molecule has 1 aliphatic rings. The molecule has 2 heterocycles. The molecular formula is C27H31N5O4. The minimum Gasteiger partial charge on any atom is -0.507 e. The third-order valence-corrected chi connectivity index (χ3v) is 6.17. The van der Waals surface area contributed by atoms with Crippen molar-refractivity contribution in [1.82, 2.24) is 25.7 Å². The lowest BCUT2D eigenvalue weighted by molar-refractivity contribution is -0.121. The Morgan fingerprint density at radius 3 is 2.56 bits per heavy atom. The van der Waals surface area contributed by atoms with Gasteiger partial charge in [0.25, 0.3) is 11.8 Å². The van der Waals surface area contributed by atoms with E-state index in [-0.39, 0.29) is 23.5 Å². The van der Waals surface area contributed by atoms with E-state index in [0.29, 0.717) is 68.7 Å². The molecule has 3 amide bonds. The SMILES string of the molecule is Cc1cc(C(=O)N2CCCNC(=O)c3cccc(c3)-c3cc(ccc3O)CCNC(=O)CCC2)n[nH]1. The Bertz CT molecular complexity index is 1250. The number of fused-ring (bicyclic) bond motifs is 5. The molecule has 4 bridgehead atoms. The molecule has 0 spiro atoms. The largest absolute Gasteiger partial charge is 0.507 e. The predicted octanol–water partition coefficient (Wildman–Crippen LogP) is 2.81. The maximum atomic E-state index is 13.0. The van der Waals surface area contributed by atoms with Crippen molar-refractivity contribution < 1.29 is 19.5 Å². The van der Waals surface area contributed by atoms with Crippen molar-refractivity contribution in [1.29, 1.82) is 0 Å². The molecule has 4 N–H and O–H groups in total. The topological polar surface area (TPSA) is 127 Å². The Labute approximate surface area is 209 Å². The molecule has 188 valence electrons. The van der Waals surface area contributed by atoms with Gasteiger partial charge < -0.3 is 20.6 Å². The molecule has 0 atom stereocenters. The average Bonchev–Trinajstić information content (AvgIpc) is 3.31. The molecule has 9 nitrogen and oxygen atoms in total. The zero-order valence-corrected chi connectivity index (χ0v) is 20.3. The maximum absolute atomic E-state index is 13.0. The first kappa shape index (κ1) is 25.0. The van der Waals surface area contributed by atoms with E-state index in [9.17, 15) is 19.5 Å². The minimum absolute atomic E-state index is 0.0742. The van der Waals surface area contributed by atoms with Crippen LogP contribution < -0.4 is 10.6 Å². The van der Waals surface area contributed by atoms with E-state index in [4.69, 9.17) is 0 Å². The number of aromatic hydroxyl groups is 1. The molecule has 3 aromatic rings. The van der Waals surface area contributed by atoms with Crippen LogP contribution in [0.3, 0.4) is 0 Å². The summed E-state index contributed by atoms with van der Waals surface area (Å²) in [5.74, 6) is -0.372. The number of nitrogens with zero attached hydrogens (tertiary/aromatic N) is 2. The van der Waals surface area contributed by atoms with Gasteiger partial charge in [-0.05, 0) is 67.6 Å². The van der Waals surface area contributed by atoms with Crippen molar-refractivity contribution in [3.05, 3.63) is 71.0 Å². The Kier molecular flexibility index (Phi) is 7.99. The van der Waals surface area contributed by atoms with Crippen molar-refractivity contribution in [3.8, 4) is 16.9 Å². The fraction of sp³-hybridized carbons (Fsp3) is 0.333.